The van der Waals surface area contributed by atoms with Crippen LogP contribution in [0.1, 0.15) is 64.7 Å². The van der Waals surface area contributed by atoms with E-state index < -0.39 is 12.1 Å². The van der Waals surface area contributed by atoms with Crippen molar-refractivity contribution in [2.45, 2.75) is 70.8 Å². The van der Waals surface area contributed by atoms with E-state index in [-0.39, 0.29) is 0 Å². The summed E-state index contributed by atoms with van der Waals surface area (Å²) in [6.07, 6.45) is 9.34. The van der Waals surface area contributed by atoms with Crippen LogP contribution in [-0.2, 0) is 4.79 Å². The van der Waals surface area contributed by atoms with Gasteiger partial charge in [0.2, 0.25) is 0 Å². The zero-order valence-electron chi connectivity index (χ0n) is 13.4. The van der Waals surface area contributed by atoms with Crippen molar-refractivity contribution >= 4 is 17.6 Å². The molecule has 0 spiro atoms. The number of hydrogen-bond donors (Lipinski definition) is 1. The number of rotatable bonds is 12. The molecule has 22 heavy (non-hydrogen) atoms. The average Bonchev–Trinajstić information content (AvgIpc) is 2.50. The van der Waals surface area contributed by atoms with Crippen LogP contribution in [0.15, 0.2) is 24.3 Å². The van der Waals surface area contributed by atoms with Crippen LogP contribution in [0.2, 0.25) is 5.02 Å². The van der Waals surface area contributed by atoms with Crippen molar-refractivity contribution in [3.05, 3.63) is 29.3 Å². The number of benzene rings is 1. The molecule has 1 rings (SSSR count). The molecule has 1 unspecified atom stereocenters. The molecule has 0 heterocycles. The van der Waals surface area contributed by atoms with Gasteiger partial charge in [0.05, 0.1) is 0 Å². The Morgan fingerprint density at radius 2 is 1.59 bits per heavy atom. The van der Waals surface area contributed by atoms with Gasteiger partial charge in [0.15, 0.2) is 6.10 Å². The summed E-state index contributed by atoms with van der Waals surface area (Å²) in [4.78, 5) is 11.3. The second-order valence-corrected chi connectivity index (χ2v) is 6.10. The van der Waals surface area contributed by atoms with Gasteiger partial charge in [-0.05, 0) is 37.1 Å². The van der Waals surface area contributed by atoms with Crippen LogP contribution in [0, 0.1) is 0 Å². The van der Waals surface area contributed by atoms with Gasteiger partial charge in [-0.25, -0.2) is 4.79 Å². The molecular formula is C18H27ClO3. The van der Waals surface area contributed by atoms with Crippen molar-refractivity contribution in [1.29, 1.82) is 0 Å². The highest BCUT2D eigenvalue weighted by Crippen LogP contribution is 2.19. The minimum Gasteiger partial charge on any atom is -0.479 e. The third-order valence-electron chi connectivity index (χ3n) is 3.69. The quantitative estimate of drug-likeness (QED) is 0.501. The fourth-order valence-electron chi connectivity index (χ4n) is 2.37. The maximum Gasteiger partial charge on any atom is 0.344 e. The molecule has 0 aliphatic heterocycles. The van der Waals surface area contributed by atoms with Crippen LogP contribution >= 0.6 is 11.6 Å². The van der Waals surface area contributed by atoms with Crippen LogP contribution in [0.3, 0.4) is 0 Å². The first kappa shape index (κ1) is 18.8. The number of carboxylic acid groups (broad SMARTS) is 1. The van der Waals surface area contributed by atoms with Crippen LogP contribution in [0.5, 0.6) is 5.75 Å². The van der Waals surface area contributed by atoms with Gasteiger partial charge in [-0.2, -0.15) is 0 Å². The van der Waals surface area contributed by atoms with Crippen molar-refractivity contribution in [2.24, 2.45) is 0 Å². The number of carboxylic acids is 1. The molecule has 0 aliphatic rings. The Kier molecular flexibility index (Phi) is 9.72. The largest absolute Gasteiger partial charge is 0.479 e. The van der Waals surface area contributed by atoms with Crippen LogP contribution < -0.4 is 4.74 Å². The standard InChI is InChI=1S/C18H27ClO3/c1-2-3-4-5-6-7-8-9-10-17(18(20)21)22-16-13-11-15(19)12-14-16/h11-14,17H,2-10H2,1H3,(H,20,21). The van der Waals surface area contributed by atoms with Crippen molar-refractivity contribution in [2.75, 3.05) is 0 Å². The normalized spacial score (nSPS) is 12.1. The van der Waals surface area contributed by atoms with E-state index in [1.807, 2.05) is 0 Å². The Morgan fingerprint density at radius 3 is 2.14 bits per heavy atom. The summed E-state index contributed by atoms with van der Waals surface area (Å²) >= 11 is 5.80. The van der Waals surface area contributed by atoms with Crippen molar-refractivity contribution in [3.8, 4) is 5.75 Å². The lowest BCUT2D eigenvalue weighted by Gasteiger charge is -2.15. The van der Waals surface area contributed by atoms with E-state index in [1.165, 1.54) is 38.5 Å². The predicted molar refractivity (Wildman–Crippen MR) is 90.7 cm³/mol. The third kappa shape index (κ3) is 8.28. The molecule has 1 atom stereocenters. The van der Waals surface area contributed by atoms with E-state index in [2.05, 4.69) is 6.92 Å². The van der Waals surface area contributed by atoms with Gasteiger partial charge in [-0.3, -0.25) is 0 Å². The zero-order valence-corrected chi connectivity index (χ0v) is 14.1. The van der Waals surface area contributed by atoms with Gasteiger partial charge in [0, 0.05) is 5.02 Å². The minimum absolute atomic E-state index is 0.549. The molecule has 1 aromatic carbocycles. The lowest BCUT2D eigenvalue weighted by atomic mass is 10.1. The van der Waals surface area contributed by atoms with Crippen LogP contribution in [-0.4, -0.2) is 17.2 Å². The highest BCUT2D eigenvalue weighted by molar-refractivity contribution is 6.30. The van der Waals surface area contributed by atoms with Gasteiger partial charge in [0.25, 0.3) is 0 Å². The highest BCUT2D eigenvalue weighted by Gasteiger charge is 2.18. The first-order valence-electron chi connectivity index (χ1n) is 8.28. The second-order valence-electron chi connectivity index (χ2n) is 5.66. The number of aliphatic carboxylic acids is 1. The zero-order chi connectivity index (χ0) is 16.2. The fraction of sp³-hybridized carbons (Fsp3) is 0.611. The average molecular weight is 327 g/mol. The molecule has 0 saturated carbocycles. The van der Waals surface area contributed by atoms with Crippen molar-refractivity contribution < 1.29 is 14.6 Å². The molecule has 1 N–H and O–H groups in total. The topological polar surface area (TPSA) is 46.5 Å². The summed E-state index contributed by atoms with van der Waals surface area (Å²) in [5.41, 5.74) is 0. The van der Waals surface area contributed by atoms with E-state index in [0.717, 1.165) is 12.8 Å². The molecule has 0 radical (unpaired) electrons. The molecule has 4 heteroatoms. The minimum atomic E-state index is -0.905. The SMILES string of the molecule is CCCCCCCCCCC(Oc1ccc(Cl)cc1)C(=O)O. The molecule has 0 fully saturated rings. The molecule has 124 valence electrons. The number of ether oxygens (including phenoxy) is 1. The Labute approximate surface area is 138 Å². The van der Waals surface area contributed by atoms with Crippen LogP contribution in [0.25, 0.3) is 0 Å². The molecular weight excluding hydrogens is 300 g/mol. The lowest BCUT2D eigenvalue weighted by Crippen LogP contribution is -2.26. The molecule has 0 bridgehead atoms. The number of hydrogen-bond acceptors (Lipinski definition) is 2. The molecule has 0 aliphatic carbocycles. The van der Waals surface area contributed by atoms with E-state index in [0.29, 0.717) is 17.2 Å². The first-order chi connectivity index (χ1) is 10.6. The Bertz CT molecular complexity index is 417. The Morgan fingerprint density at radius 1 is 1.05 bits per heavy atom. The van der Waals surface area contributed by atoms with E-state index >= 15 is 0 Å². The summed E-state index contributed by atoms with van der Waals surface area (Å²) in [5.74, 6) is -0.353. The first-order valence-corrected chi connectivity index (χ1v) is 8.66. The number of carbonyl (C=O) groups is 1. The smallest absolute Gasteiger partial charge is 0.344 e. The molecule has 1 aromatic rings. The van der Waals surface area contributed by atoms with Gasteiger partial charge in [0.1, 0.15) is 5.75 Å². The lowest BCUT2D eigenvalue weighted by molar-refractivity contribution is -0.145. The summed E-state index contributed by atoms with van der Waals surface area (Å²) < 4.78 is 5.53. The van der Waals surface area contributed by atoms with Crippen molar-refractivity contribution in [1.82, 2.24) is 0 Å². The summed E-state index contributed by atoms with van der Waals surface area (Å²) in [6.45, 7) is 2.22. The van der Waals surface area contributed by atoms with Gasteiger partial charge >= 0.3 is 5.97 Å². The monoisotopic (exact) mass is 326 g/mol. The maximum absolute atomic E-state index is 11.3. The van der Waals surface area contributed by atoms with E-state index in [1.54, 1.807) is 24.3 Å². The second kappa shape index (κ2) is 11.4. The van der Waals surface area contributed by atoms with Crippen LogP contribution in [0.4, 0.5) is 0 Å². The summed E-state index contributed by atoms with van der Waals surface area (Å²) in [5, 5.41) is 9.85. The van der Waals surface area contributed by atoms with E-state index in [9.17, 15) is 9.90 Å². The Balaban J connectivity index is 2.21. The van der Waals surface area contributed by atoms with Gasteiger partial charge in [-0.1, -0.05) is 63.5 Å². The molecule has 3 nitrogen and oxygen atoms in total. The van der Waals surface area contributed by atoms with E-state index in [4.69, 9.17) is 16.3 Å². The maximum atomic E-state index is 11.3. The highest BCUT2D eigenvalue weighted by atomic mass is 35.5. The number of unbranched alkanes of at least 4 members (excludes halogenated alkanes) is 7. The molecule has 0 amide bonds. The Hall–Kier alpha value is -1.22. The number of halogens is 1. The van der Waals surface area contributed by atoms with Gasteiger partial charge in [-0.15, -0.1) is 0 Å². The predicted octanol–water partition coefficient (Wildman–Crippen LogP) is 5.70. The van der Waals surface area contributed by atoms with Gasteiger partial charge < -0.3 is 9.84 Å². The fourth-order valence-corrected chi connectivity index (χ4v) is 2.50. The summed E-state index contributed by atoms with van der Waals surface area (Å²) in [6, 6.07) is 6.80. The third-order valence-corrected chi connectivity index (χ3v) is 3.94. The van der Waals surface area contributed by atoms with Crippen molar-refractivity contribution in [3.63, 3.8) is 0 Å². The molecule has 0 aromatic heterocycles. The summed E-state index contributed by atoms with van der Waals surface area (Å²) in [7, 11) is 0. The molecule has 0 saturated heterocycles.